The van der Waals surface area contributed by atoms with Crippen molar-refractivity contribution < 1.29 is 32.4 Å². The van der Waals surface area contributed by atoms with Crippen LogP contribution in [-0.4, -0.2) is 66.8 Å². The summed E-state index contributed by atoms with van der Waals surface area (Å²) in [4.78, 5) is 38.7. The van der Waals surface area contributed by atoms with Crippen molar-refractivity contribution in [2.45, 2.75) is 39.2 Å². The lowest BCUT2D eigenvalue weighted by Crippen LogP contribution is -2.44. The van der Waals surface area contributed by atoms with Gasteiger partial charge in [-0.15, -0.1) is 0 Å². The number of carbonyl (C=O) groups is 3. The zero-order chi connectivity index (χ0) is 25.1. The molecule has 4 rings (SSSR count). The van der Waals surface area contributed by atoms with Crippen molar-refractivity contribution in [1.29, 1.82) is 0 Å². The molecule has 0 unspecified atom stereocenters. The number of hydrogen-bond donors (Lipinski definition) is 1. The molecule has 1 aromatic carbocycles. The van der Waals surface area contributed by atoms with Crippen LogP contribution in [0.15, 0.2) is 22.7 Å². The van der Waals surface area contributed by atoms with Gasteiger partial charge in [0.15, 0.2) is 11.6 Å². The number of benzene rings is 1. The van der Waals surface area contributed by atoms with Gasteiger partial charge in [0.2, 0.25) is 5.91 Å². The van der Waals surface area contributed by atoms with E-state index in [1.165, 1.54) is 16.8 Å². The second kappa shape index (κ2) is 10.4. The van der Waals surface area contributed by atoms with E-state index in [-0.39, 0.29) is 62.1 Å². The number of amides is 2. The lowest BCUT2D eigenvalue weighted by atomic mass is 10.1. The van der Waals surface area contributed by atoms with E-state index in [9.17, 15) is 14.4 Å². The van der Waals surface area contributed by atoms with Crippen molar-refractivity contribution in [3.8, 4) is 0 Å². The van der Waals surface area contributed by atoms with E-state index in [2.05, 4.69) is 10.6 Å². The Morgan fingerprint density at radius 2 is 1.91 bits per heavy atom. The number of cyclic esters (lactones) is 1. The molecule has 2 saturated heterocycles. The van der Waals surface area contributed by atoms with Crippen LogP contribution in [0, 0.1) is 18.6 Å². The second-order valence-electron chi connectivity index (χ2n) is 8.66. The smallest absolute Gasteiger partial charge is 0.414 e. The van der Waals surface area contributed by atoms with E-state index in [4.69, 9.17) is 9.26 Å². The van der Waals surface area contributed by atoms with E-state index in [0.717, 1.165) is 17.0 Å². The Morgan fingerprint density at radius 3 is 2.57 bits per heavy atom. The van der Waals surface area contributed by atoms with Gasteiger partial charge in [-0.1, -0.05) is 5.16 Å². The van der Waals surface area contributed by atoms with E-state index < -0.39 is 23.8 Å². The summed E-state index contributed by atoms with van der Waals surface area (Å²) in [6.07, 6.45) is -0.568. The summed E-state index contributed by atoms with van der Waals surface area (Å²) in [6.45, 7) is 4.24. The molecule has 0 bridgehead atoms. The fourth-order valence-corrected chi connectivity index (χ4v) is 4.18. The number of rotatable bonds is 7. The first kappa shape index (κ1) is 24.6. The average Bonchev–Trinajstić information content (AvgIpc) is 3.28. The van der Waals surface area contributed by atoms with Crippen molar-refractivity contribution in [2.24, 2.45) is 0 Å². The van der Waals surface area contributed by atoms with Crippen LogP contribution >= 0.6 is 0 Å². The molecule has 2 amide bonds. The number of aromatic nitrogens is 1. The quantitative estimate of drug-likeness (QED) is 0.629. The number of hydrogen-bond acceptors (Lipinski definition) is 8. The van der Waals surface area contributed by atoms with Crippen LogP contribution in [0.25, 0.3) is 0 Å². The molecule has 3 heterocycles. The highest BCUT2D eigenvalue weighted by molar-refractivity contribution is 5.90. The summed E-state index contributed by atoms with van der Waals surface area (Å²) in [7, 11) is 0. The summed E-state index contributed by atoms with van der Waals surface area (Å²) in [5.41, 5.74) is 3.31. The lowest BCUT2D eigenvalue weighted by Gasteiger charge is -2.25. The van der Waals surface area contributed by atoms with Crippen molar-refractivity contribution in [1.82, 2.24) is 15.6 Å². The average molecular weight is 491 g/mol. The van der Waals surface area contributed by atoms with Gasteiger partial charge in [0.05, 0.1) is 30.9 Å². The molecule has 12 heteroatoms. The molecule has 0 saturated carbocycles. The van der Waals surface area contributed by atoms with Gasteiger partial charge >= 0.3 is 6.09 Å². The highest BCUT2D eigenvalue weighted by atomic mass is 19.1. The summed E-state index contributed by atoms with van der Waals surface area (Å²) >= 11 is 0. The molecule has 188 valence electrons. The molecule has 1 aromatic heterocycles. The normalized spacial score (nSPS) is 18.6. The molecule has 1 atom stereocenters. The maximum atomic E-state index is 15.1. The van der Waals surface area contributed by atoms with E-state index in [1.807, 2.05) is 0 Å². The van der Waals surface area contributed by atoms with Crippen LogP contribution in [0.1, 0.15) is 31.2 Å². The third-order valence-corrected chi connectivity index (χ3v) is 5.91. The molecule has 0 spiro atoms. The van der Waals surface area contributed by atoms with Crippen molar-refractivity contribution >= 4 is 29.2 Å². The van der Waals surface area contributed by atoms with Gasteiger partial charge in [-0.3, -0.25) is 14.7 Å². The first-order valence-corrected chi connectivity index (χ1v) is 11.4. The molecule has 2 aliphatic rings. The first-order chi connectivity index (χ1) is 16.7. The third kappa shape index (κ3) is 5.76. The highest BCUT2D eigenvalue weighted by Gasteiger charge is 2.34. The Hall–Kier alpha value is -3.54. The summed E-state index contributed by atoms with van der Waals surface area (Å²) < 4.78 is 40.4. The van der Waals surface area contributed by atoms with Gasteiger partial charge in [0, 0.05) is 44.3 Å². The van der Waals surface area contributed by atoms with Crippen LogP contribution < -0.4 is 15.2 Å². The Morgan fingerprint density at radius 1 is 1.17 bits per heavy atom. The van der Waals surface area contributed by atoms with Gasteiger partial charge < -0.3 is 19.0 Å². The van der Waals surface area contributed by atoms with Gasteiger partial charge in [0.25, 0.3) is 0 Å². The molecule has 35 heavy (non-hydrogen) atoms. The Labute approximate surface area is 200 Å². The lowest BCUT2D eigenvalue weighted by molar-refractivity contribution is -0.133. The van der Waals surface area contributed by atoms with Gasteiger partial charge in [-0.25, -0.2) is 19.0 Å². The van der Waals surface area contributed by atoms with E-state index in [1.54, 1.807) is 13.0 Å². The van der Waals surface area contributed by atoms with Crippen LogP contribution in [0.4, 0.5) is 25.0 Å². The number of carbonyl (C=O) groups excluding carboxylic acids is 3. The summed E-state index contributed by atoms with van der Waals surface area (Å²) in [5, 5.41) is 5.23. The molecule has 0 radical (unpaired) electrons. The number of nitrogens with one attached hydrogen (secondary N) is 1. The summed E-state index contributed by atoms with van der Waals surface area (Å²) in [5.74, 6) is -1.30. The number of Topliss-reactive ketones (excluding diaryl/α,β-unsaturated/α-hetero) is 1. The minimum absolute atomic E-state index is 0.0265. The van der Waals surface area contributed by atoms with Crippen LogP contribution in [0.3, 0.4) is 0 Å². The molecule has 2 aromatic rings. The Bertz CT molecular complexity index is 1100. The van der Waals surface area contributed by atoms with Gasteiger partial charge in [-0.05, 0) is 20.3 Å². The molecule has 1 N–H and O–H groups in total. The van der Waals surface area contributed by atoms with Gasteiger partial charge in [-0.2, -0.15) is 0 Å². The fraction of sp³-hybridized carbons (Fsp3) is 0.478. The van der Waals surface area contributed by atoms with Crippen molar-refractivity contribution in [2.75, 3.05) is 42.5 Å². The Kier molecular flexibility index (Phi) is 7.29. The van der Waals surface area contributed by atoms with Crippen LogP contribution in [0.5, 0.6) is 0 Å². The SMILES string of the molecule is CC(=O)CC[C@H]1CN(c2cc(F)c(N3CCNN(C(=O)Cc4cc(C)on4)CC3)c(F)c2)C(=O)O1. The zero-order valence-corrected chi connectivity index (χ0v) is 19.6. The molecule has 0 aliphatic carbocycles. The third-order valence-electron chi connectivity index (χ3n) is 5.91. The zero-order valence-electron chi connectivity index (χ0n) is 19.6. The standard InChI is InChI=1S/C23H27F2N5O5/c1-14(31)3-4-18-13-29(23(33)34-18)17-11-19(24)22(20(25)12-17)28-6-5-26-30(8-7-28)21(32)10-16-9-15(2)35-27-16/h9,11-12,18,26H,3-8,10,13H2,1-2H3/t18-/m0/s1. The highest BCUT2D eigenvalue weighted by Crippen LogP contribution is 2.31. The topological polar surface area (TPSA) is 108 Å². The number of aryl methyl sites for hydroxylation is 1. The van der Waals surface area contributed by atoms with Crippen LogP contribution in [-0.2, 0) is 20.7 Å². The number of ketones is 1. The number of halogens is 2. The minimum Gasteiger partial charge on any atom is -0.444 e. The van der Waals surface area contributed by atoms with Gasteiger partial charge in [0.1, 0.15) is 23.3 Å². The van der Waals surface area contributed by atoms with Crippen molar-refractivity contribution in [3.63, 3.8) is 0 Å². The molecular weight excluding hydrogens is 464 g/mol. The predicted molar refractivity (Wildman–Crippen MR) is 121 cm³/mol. The van der Waals surface area contributed by atoms with E-state index >= 15 is 8.78 Å². The largest absolute Gasteiger partial charge is 0.444 e. The monoisotopic (exact) mass is 491 g/mol. The second-order valence-corrected chi connectivity index (χ2v) is 8.66. The van der Waals surface area contributed by atoms with E-state index in [0.29, 0.717) is 24.4 Å². The molecular formula is C23H27F2N5O5. The number of anilines is 2. The Balaban J connectivity index is 1.41. The predicted octanol–water partition coefficient (Wildman–Crippen LogP) is 2.35. The molecule has 10 nitrogen and oxygen atoms in total. The number of hydrazine groups is 1. The molecule has 2 aliphatic heterocycles. The number of ether oxygens (including phenoxy) is 1. The van der Waals surface area contributed by atoms with Crippen molar-refractivity contribution in [3.05, 3.63) is 41.3 Å². The molecule has 2 fully saturated rings. The fourth-order valence-electron chi connectivity index (χ4n) is 4.18. The minimum atomic E-state index is -0.821. The van der Waals surface area contributed by atoms with Crippen LogP contribution in [0.2, 0.25) is 0 Å². The number of nitrogens with zero attached hydrogens (tertiary/aromatic N) is 4. The summed E-state index contributed by atoms with van der Waals surface area (Å²) in [6, 6.07) is 3.87. The maximum Gasteiger partial charge on any atom is 0.414 e. The maximum absolute atomic E-state index is 15.1. The first-order valence-electron chi connectivity index (χ1n) is 11.4.